The smallest absolute Gasteiger partial charge is 0.177 e. The summed E-state index contributed by atoms with van der Waals surface area (Å²) in [6, 6.07) is 7.18. The van der Waals surface area contributed by atoms with Gasteiger partial charge in [0.05, 0.1) is 6.61 Å². The molecular formula is C16H14ClN5O5PS2-. The number of rotatable bonds is 3. The average molecular weight is 487 g/mol. The van der Waals surface area contributed by atoms with Gasteiger partial charge in [-0.3, -0.25) is 4.57 Å². The summed E-state index contributed by atoms with van der Waals surface area (Å²) in [4.78, 5) is 25.7. The van der Waals surface area contributed by atoms with Crippen LogP contribution >= 0.6 is 30.1 Å². The molecule has 2 aliphatic rings. The van der Waals surface area contributed by atoms with Crippen molar-refractivity contribution in [1.82, 2.24) is 19.5 Å². The number of aromatic nitrogens is 4. The first-order valence-corrected chi connectivity index (χ1v) is 12.5. The summed E-state index contributed by atoms with van der Waals surface area (Å²) in [5, 5.41) is 12.0. The zero-order valence-electron chi connectivity index (χ0n) is 15.0. The highest BCUT2D eigenvalue weighted by molar-refractivity contribution is 8.06. The number of benzene rings is 1. The van der Waals surface area contributed by atoms with Gasteiger partial charge in [-0.05, 0) is 24.3 Å². The molecule has 0 amide bonds. The Kier molecular flexibility index (Phi) is 5.25. The van der Waals surface area contributed by atoms with E-state index in [0.717, 1.165) is 4.90 Å². The van der Waals surface area contributed by atoms with Gasteiger partial charge in [0.2, 0.25) is 0 Å². The summed E-state index contributed by atoms with van der Waals surface area (Å²) in [6.45, 7) is -3.72. The number of aliphatic hydroxyl groups is 1. The van der Waals surface area contributed by atoms with Gasteiger partial charge in [0.1, 0.15) is 31.4 Å². The van der Waals surface area contributed by atoms with Crippen LogP contribution in [-0.4, -0.2) is 49.5 Å². The predicted octanol–water partition coefficient (Wildman–Crippen LogP) is 1.47. The number of fused-ring (bicyclic) bond motifs is 2. The minimum atomic E-state index is -3.67. The second-order valence-electron chi connectivity index (χ2n) is 6.62. The molecule has 5 atom stereocenters. The van der Waals surface area contributed by atoms with Crippen LogP contribution in [0.5, 0.6) is 0 Å². The Morgan fingerprint density at radius 3 is 2.87 bits per heavy atom. The van der Waals surface area contributed by atoms with E-state index in [4.69, 9.17) is 42.9 Å². The third-order valence-electron chi connectivity index (χ3n) is 4.71. The Morgan fingerprint density at radius 2 is 2.10 bits per heavy atom. The summed E-state index contributed by atoms with van der Waals surface area (Å²) in [5.74, 6) is 0.191. The van der Waals surface area contributed by atoms with Gasteiger partial charge in [0, 0.05) is 9.92 Å². The second-order valence-corrected chi connectivity index (χ2v) is 10.8. The fourth-order valence-electron chi connectivity index (χ4n) is 3.36. The molecule has 2 fully saturated rings. The van der Waals surface area contributed by atoms with E-state index in [0.29, 0.717) is 21.3 Å². The first-order valence-electron chi connectivity index (χ1n) is 8.72. The summed E-state index contributed by atoms with van der Waals surface area (Å²) in [5.41, 5.74) is 6.73. The SMILES string of the molecule is Nc1ncnc2c1nc(Sc1ccc(Cl)cc1)n2C1OC2COP([O-])(=S)OC2C1O. The van der Waals surface area contributed by atoms with E-state index in [1.54, 1.807) is 16.7 Å². The Balaban J connectivity index is 1.58. The topological polar surface area (TPSA) is 141 Å². The highest BCUT2D eigenvalue weighted by Crippen LogP contribution is 2.50. The molecule has 10 nitrogen and oxygen atoms in total. The molecule has 3 aromatic rings. The fourth-order valence-corrected chi connectivity index (χ4v) is 5.82. The molecule has 0 radical (unpaired) electrons. The number of halogens is 1. The number of nitrogen functional groups attached to an aromatic ring is 1. The lowest BCUT2D eigenvalue weighted by Crippen LogP contribution is -2.41. The number of hydrogen-bond donors (Lipinski definition) is 2. The van der Waals surface area contributed by atoms with Gasteiger partial charge in [-0.15, -0.1) is 0 Å². The molecule has 0 spiro atoms. The van der Waals surface area contributed by atoms with Crippen molar-refractivity contribution in [3.05, 3.63) is 35.6 Å². The van der Waals surface area contributed by atoms with Crippen LogP contribution in [0.1, 0.15) is 6.23 Å². The summed E-state index contributed by atoms with van der Waals surface area (Å²) in [7, 11) is 0. The molecule has 5 unspecified atom stereocenters. The van der Waals surface area contributed by atoms with Crippen molar-refractivity contribution in [2.45, 2.75) is 34.6 Å². The number of anilines is 1. The summed E-state index contributed by atoms with van der Waals surface area (Å²) >= 11 is 12.1. The lowest BCUT2D eigenvalue weighted by Gasteiger charge is -2.38. The Hall–Kier alpha value is -1.34. The standard InChI is InChI=1S/C16H15ClN5O5PS2/c17-7-1-3-8(4-2-7)30-16-21-10-13(18)19-6-20-14(10)22(16)15-11(23)12-9(26-15)5-25-28(24,29)27-12/h1-4,6,9,11-12,15,23H,5H2,(H,24,29)(H2,18,19,20)/p-1. The Labute approximate surface area is 184 Å². The molecule has 4 heterocycles. The number of ether oxygens (including phenoxy) is 1. The van der Waals surface area contributed by atoms with Crippen LogP contribution in [0.3, 0.4) is 0 Å². The van der Waals surface area contributed by atoms with Crippen LogP contribution in [0.2, 0.25) is 5.02 Å². The van der Waals surface area contributed by atoms with Crippen LogP contribution in [-0.2, 0) is 25.6 Å². The van der Waals surface area contributed by atoms with Crippen molar-refractivity contribution >= 4 is 58.9 Å². The third kappa shape index (κ3) is 3.62. The van der Waals surface area contributed by atoms with Gasteiger partial charge in [0.15, 0.2) is 28.4 Å². The maximum atomic E-state index is 12.0. The molecule has 0 saturated carbocycles. The van der Waals surface area contributed by atoms with Gasteiger partial charge in [-0.25, -0.2) is 15.0 Å². The maximum Gasteiger partial charge on any atom is 0.177 e. The Morgan fingerprint density at radius 1 is 1.33 bits per heavy atom. The monoisotopic (exact) mass is 486 g/mol. The fraction of sp³-hybridized carbons (Fsp3) is 0.312. The molecule has 2 aromatic heterocycles. The Bertz CT molecular complexity index is 1160. The average Bonchev–Trinajstić information content (AvgIpc) is 3.21. The number of imidazole rings is 1. The van der Waals surface area contributed by atoms with E-state index < -0.39 is 31.3 Å². The van der Waals surface area contributed by atoms with Gasteiger partial charge in [-0.2, -0.15) is 0 Å². The van der Waals surface area contributed by atoms with E-state index in [2.05, 4.69) is 15.0 Å². The molecular weight excluding hydrogens is 473 g/mol. The predicted molar refractivity (Wildman–Crippen MR) is 110 cm³/mol. The zero-order valence-corrected chi connectivity index (χ0v) is 18.3. The molecule has 1 aromatic carbocycles. The third-order valence-corrected chi connectivity index (χ3v) is 7.48. The summed E-state index contributed by atoms with van der Waals surface area (Å²) < 4.78 is 18.0. The van der Waals surface area contributed by atoms with Crippen molar-refractivity contribution in [2.24, 2.45) is 0 Å². The molecule has 5 rings (SSSR count). The molecule has 30 heavy (non-hydrogen) atoms. The van der Waals surface area contributed by atoms with Gasteiger partial charge in [0.25, 0.3) is 0 Å². The quantitative estimate of drug-likeness (QED) is 0.520. The van der Waals surface area contributed by atoms with E-state index in [1.807, 2.05) is 12.1 Å². The van der Waals surface area contributed by atoms with E-state index in [9.17, 15) is 10.00 Å². The van der Waals surface area contributed by atoms with Crippen LogP contribution in [0, 0.1) is 0 Å². The lowest BCUT2D eigenvalue weighted by atomic mass is 10.1. The van der Waals surface area contributed by atoms with Crippen LogP contribution in [0.4, 0.5) is 5.82 Å². The van der Waals surface area contributed by atoms with Gasteiger partial charge < -0.3 is 29.5 Å². The zero-order chi connectivity index (χ0) is 21.0. The van der Waals surface area contributed by atoms with Gasteiger partial charge >= 0.3 is 0 Å². The van der Waals surface area contributed by atoms with E-state index >= 15 is 0 Å². The van der Waals surface area contributed by atoms with Gasteiger partial charge in [-0.1, -0.05) is 35.2 Å². The highest BCUT2D eigenvalue weighted by atomic mass is 35.5. The lowest BCUT2D eigenvalue weighted by molar-refractivity contribution is -0.227. The minimum absolute atomic E-state index is 0.0532. The number of nitrogens with zero attached hydrogens (tertiary/aromatic N) is 4. The first kappa shape index (κ1) is 20.6. The molecule has 0 aliphatic carbocycles. The van der Waals surface area contributed by atoms with Crippen LogP contribution in [0.25, 0.3) is 11.2 Å². The van der Waals surface area contributed by atoms with Crippen molar-refractivity contribution < 1.29 is 23.8 Å². The van der Waals surface area contributed by atoms with E-state index in [1.165, 1.54) is 18.1 Å². The molecule has 3 N–H and O–H groups in total. The summed E-state index contributed by atoms with van der Waals surface area (Å²) in [6.07, 6.45) is -2.38. The van der Waals surface area contributed by atoms with Crippen molar-refractivity contribution in [2.75, 3.05) is 12.3 Å². The number of nitrogens with two attached hydrogens (primary N) is 1. The molecule has 158 valence electrons. The van der Waals surface area contributed by atoms with Crippen LogP contribution < -0.4 is 10.6 Å². The number of hydrogen-bond acceptors (Lipinski definition) is 11. The first-order chi connectivity index (χ1) is 14.3. The van der Waals surface area contributed by atoms with E-state index in [-0.39, 0.29) is 12.4 Å². The molecule has 2 aliphatic heterocycles. The van der Waals surface area contributed by atoms with Crippen LogP contribution in [0.15, 0.2) is 40.6 Å². The second kappa shape index (κ2) is 7.66. The maximum absolute atomic E-state index is 12.0. The van der Waals surface area contributed by atoms with Crippen molar-refractivity contribution in [3.8, 4) is 0 Å². The highest BCUT2D eigenvalue weighted by Gasteiger charge is 2.50. The molecule has 2 saturated heterocycles. The van der Waals surface area contributed by atoms with Crippen molar-refractivity contribution in [1.29, 1.82) is 0 Å². The minimum Gasteiger partial charge on any atom is -0.780 e. The number of aliphatic hydroxyl groups excluding tert-OH is 1. The van der Waals surface area contributed by atoms with Crippen molar-refractivity contribution in [3.63, 3.8) is 0 Å². The molecule has 0 bridgehead atoms. The normalized spacial score (nSPS) is 31.2. The molecule has 14 heteroatoms. The largest absolute Gasteiger partial charge is 0.780 e.